The molecule has 0 saturated carbocycles. The molecule has 1 atom stereocenters. The van der Waals surface area contributed by atoms with Crippen molar-refractivity contribution in [1.29, 1.82) is 0 Å². The molecule has 0 unspecified atom stereocenters. The largest absolute Gasteiger partial charge is 0.454 e. The number of halogens is 1. The molecule has 1 aromatic rings. The summed E-state index contributed by atoms with van der Waals surface area (Å²) < 4.78 is 10.7. The van der Waals surface area contributed by atoms with Crippen LogP contribution in [0.1, 0.15) is 12.5 Å². The summed E-state index contributed by atoms with van der Waals surface area (Å²) in [5, 5.41) is -0.439. The lowest BCUT2D eigenvalue weighted by Gasteiger charge is -2.35. The zero-order valence-electron chi connectivity index (χ0n) is 12.0. The SMILES string of the molecule is C[C@H](Cl)C(=O)N1CCN(Cc2ccc3c(c2)OCO3)CC1. The third-order valence-electron chi connectivity index (χ3n) is 3.87. The second kappa shape index (κ2) is 6.12. The van der Waals surface area contributed by atoms with Crippen LogP contribution in [0.3, 0.4) is 0 Å². The van der Waals surface area contributed by atoms with Gasteiger partial charge in [0.25, 0.3) is 0 Å². The van der Waals surface area contributed by atoms with Gasteiger partial charge in [-0.05, 0) is 24.6 Å². The topological polar surface area (TPSA) is 42.0 Å². The van der Waals surface area contributed by atoms with E-state index >= 15 is 0 Å². The smallest absolute Gasteiger partial charge is 0.240 e. The molecule has 0 aromatic heterocycles. The van der Waals surface area contributed by atoms with Crippen molar-refractivity contribution in [3.8, 4) is 11.5 Å². The average molecular weight is 311 g/mol. The van der Waals surface area contributed by atoms with Gasteiger partial charge in [-0.3, -0.25) is 9.69 Å². The molecule has 6 heteroatoms. The van der Waals surface area contributed by atoms with Gasteiger partial charge in [-0.1, -0.05) is 6.07 Å². The molecule has 5 nitrogen and oxygen atoms in total. The monoisotopic (exact) mass is 310 g/mol. The summed E-state index contributed by atoms with van der Waals surface area (Å²) in [5.41, 5.74) is 1.20. The Bertz CT molecular complexity index is 528. The van der Waals surface area contributed by atoms with E-state index in [9.17, 15) is 4.79 Å². The number of alkyl halides is 1. The summed E-state index contributed by atoms with van der Waals surface area (Å²) in [6.45, 7) is 6.09. The van der Waals surface area contributed by atoms with Gasteiger partial charge >= 0.3 is 0 Å². The van der Waals surface area contributed by atoms with Crippen LogP contribution >= 0.6 is 11.6 Å². The molecular formula is C15H19ClN2O3. The van der Waals surface area contributed by atoms with Gasteiger partial charge in [-0.2, -0.15) is 0 Å². The number of ether oxygens (including phenoxy) is 2. The van der Waals surface area contributed by atoms with Gasteiger partial charge in [0.15, 0.2) is 11.5 Å². The minimum Gasteiger partial charge on any atom is -0.454 e. The van der Waals surface area contributed by atoms with E-state index in [1.165, 1.54) is 5.56 Å². The van der Waals surface area contributed by atoms with Crippen molar-refractivity contribution < 1.29 is 14.3 Å². The van der Waals surface area contributed by atoms with E-state index in [1.807, 2.05) is 17.0 Å². The van der Waals surface area contributed by atoms with Crippen molar-refractivity contribution in [2.45, 2.75) is 18.8 Å². The molecule has 2 heterocycles. The van der Waals surface area contributed by atoms with Gasteiger partial charge in [0.2, 0.25) is 12.7 Å². The molecule has 0 aliphatic carbocycles. The Hall–Kier alpha value is -1.46. The fourth-order valence-corrected chi connectivity index (χ4v) is 2.81. The molecule has 1 amide bonds. The number of carbonyl (C=O) groups excluding carboxylic acids is 1. The number of nitrogens with zero attached hydrogens (tertiary/aromatic N) is 2. The Labute approximate surface area is 129 Å². The van der Waals surface area contributed by atoms with E-state index in [0.717, 1.165) is 44.2 Å². The highest BCUT2D eigenvalue weighted by atomic mass is 35.5. The Balaban J connectivity index is 1.55. The molecule has 1 aromatic carbocycles. The first-order valence-corrected chi connectivity index (χ1v) is 7.61. The summed E-state index contributed by atoms with van der Waals surface area (Å²) in [5.74, 6) is 1.65. The molecule has 1 saturated heterocycles. The number of hydrogen-bond acceptors (Lipinski definition) is 4. The third-order valence-corrected chi connectivity index (χ3v) is 4.05. The number of amides is 1. The Morgan fingerprint density at radius 3 is 2.67 bits per heavy atom. The van der Waals surface area contributed by atoms with Crippen molar-refractivity contribution in [2.75, 3.05) is 33.0 Å². The lowest BCUT2D eigenvalue weighted by molar-refractivity contribution is -0.132. The Morgan fingerprint density at radius 1 is 1.24 bits per heavy atom. The van der Waals surface area contributed by atoms with Crippen molar-refractivity contribution >= 4 is 17.5 Å². The number of benzene rings is 1. The molecule has 1 fully saturated rings. The third kappa shape index (κ3) is 3.24. The van der Waals surface area contributed by atoms with E-state index in [1.54, 1.807) is 6.92 Å². The number of carbonyl (C=O) groups is 1. The molecule has 2 aliphatic rings. The number of fused-ring (bicyclic) bond motifs is 1. The molecule has 0 radical (unpaired) electrons. The highest BCUT2D eigenvalue weighted by molar-refractivity contribution is 6.30. The molecule has 0 spiro atoms. The molecule has 114 valence electrons. The predicted octanol–water partition coefficient (Wildman–Crippen LogP) is 1.69. The van der Waals surface area contributed by atoms with Crippen molar-refractivity contribution in [3.63, 3.8) is 0 Å². The average Bonchev–Trinajstić information content (AvgIpc) is 2.95. The van der Waals surface area contributed by atoms with Crippen LogP contribution in [-0.4, -0.2) is 54.1 Å². The van der Waals surface area contributed by atoms with Crippen LogP contribution in [0.25, 0.3) is 0 Å². The maximum atomic E-state index is 11.8. The first-order valence-electron chi connectivity index (χ1n) is 7.17. The minimum absolute atomic E-state index is 0.0272. The summed E-state index contributed by atoms with van der Waals surface area (Å²) in [4.78, 5) is 16.0. The van der Waals surface area contributed by atoms with Crippen LogP contribution in [0.5, 0.6) is 11.5 Å². The van der Waals surface area contributed by atoms with E-state index in [-0.39, 0.29) is 5.91 Å². The van der Waals surface area contributed by atoms with Gasteiger partial charge < -0.3 is 14.4 Å². The first kappa shape index (κ1) is 14.5. The lowest BCUT2D eigenvalue weighted by atomic mass is 10.1. The second-order valence-corrected chi connectivity index (χ2v) is 6.06. The number of hydrogen-bond donors (Lipinski definition) is 0. The predicted molar refractivity (Wildman–Crippen MR) is 79.7 cm³/mol. The number of piperazine rings is 1. The standard InChI is InChI=1S/C15H19ClN2O3/c1-11(16)15(19)18-6-4-17(5-7-18)9-12-2-3-13-14(8-12)21-10-20-13/h2-3,8,11H,4-7,9-10H2,1H3/t11-/m0/s1. The number of rotatable bonds is 3. The van der Waals surface area contributed by atoms with Gasteiger partial charge in [-0.15, -0.1) is 11.6 Å². The maximum absolute atomic E-state index is 11.8. The van der Waals surface area contributed by atoms with Crippen LogP contribution < -0.4 is 9.47 Å². The molecule has 0 bridgehead atoms. The van der Waals surface area contributed by atoms with Gasteiger partial charge in [0, 0.05) is 32.7 Å². The van der Waals surface area contributed by atoms with Gasteiger partial charge in [-0.25, -0.2) is 0 Å². The molecule has 0 N–H and O–H groups in total. The normalized spacial score (nSPS) is 19.6. The summed E-state index contributed by atoms with van der Waals surface area (Å²) in [6, 6.07) is 6.04. The quantitative estimate of drug-likeness (QED) is 0.797. The van der Waals surface area contributed by atoms with Crippen LogP contribution in [0.2, 0.25) is 0 Å². The van der Waals surface area contributed by atoms with Gasteiger partial charge in [0.05, 0.1) is 0 Å². The lowest BCUT2D eigenvalue weighted by Crippen LogP contribution is -2.49. The Kier molecular flexibility index (Phi) is 4.22. The van der Waals surface area contributed by atoms with Crippen LogP contribution in [0.4, 0.5) is 0 Å². The van der Waals surface area contributed by atoms with Crippen molar-refractivity contribution in [2.24, 2.45) is 0 Å². The summed E-state index contributed by atoms with van der Waals surface area (Å²) >= 11 is 5.85. The van der Waals surface area contributed by atoms with E-state index in [4.69, 9.17) is 21.1 Å². The van der Waals surface area contributed by atoms with Crippen molar-refractivity contribution in [1.82, 2.24) is 9.80 Å². The molecule has 2 aliphatic heterocycles. The van der Waals surface area contributed by atoms with E-state index < -0.39 is 5.38 Å². The molecule has 3 rings (SSSR count). The highest BCUT2D eigenvalue weighted by Crippen LogP contribution is 2.32. The second-order valence-electron chi connectivity index (χ2n) is 5.41. The van der Waals surface area contributed by atoms with E-state index in [0.29, 0.717) is 6.79 Å². The van der Waals surface area contributed by atoms with Crippen LogP contribution in [-0.2, 0) is 11.3 Å². The highest BCUT2D eigenvalue weighted by Gasteiger charge is 2.24. The van der Waals surface area contributed by atoms with E-state index in [2.05, 4.69) is 11.0 Å². The summed E-state index contributed by atoms with van der Waals surface area (Å²) in [7, 11) is 0. The first-order chi connectivity index (χ1) is 10.1. The maximum Gasteiger partial charge on any atom is 0.240 e. The van der Waals surface area contributed by atoms with Crippen LogP contribution in [0, 0.1) is 0 Å². The van der Waals surface area contributed by atoms with Crippen LogP contribution in [0.15, 0.2) is 18.2 Å². The van der Waals surface area contributed by atoms with Gasteiger partial charge in [0.1, 0.15) is 5.38 Å². The zero-order chi connectivity index (χ0) is 14.8. The molecular weight excluding hydrogens is 292 g/mol. The fourth-order valence-electron chi connectivity index (χ4n) is 2.68. The molecule has 21 heavy (non-hydrogen) atoms. The zero-order valence-corrected chi connectivity index (χ0v) is 12.8. The fraction of sp³-hybridized carbons (Fsp3) is 0.533. The van der Waals surface area contributed by atoms with Crippen molar-refractivity contribution in [3.05, 3.63) is 23.8 Å². The minimum atomic E-state index is -0.439. The Morgan fingerprint density at radius 2 is 1.95 bits per heavy atom. The summed E-state index contributed by atoms with van der Waals surface area (Å²) in [6.07, 6.45) is 0.